The first-order chi connectivity index (χ1) is 12.5. The van der Waals surface area contributed by atoms with Gasteiger partial charge in [0.2, 0.25) is 11.8 Å². The van der Waals surface area contributed by atoms with Crippen molar-refractivity contribution >= 4 is 23.5 Å². The minimum absolute atomic E-state index is 0.0582. The Labute approximate surface area is 153 Å². The molecule has 1 aromatic rings. The van der Waals surface area contributed by atoms with Gasteiger partial charge in [0.25, 0.3) is 0 Å². The number of methoxy groups -OCH3 is 1. The number of nitrogens with one attached hydrogen (secondary N) is 1. The van der Waals surface area contributed by atoms with E-state index < -0.39 is 11.4 Å². The summed E-state index contributed by atoms with van der Waals surface area (Å²) in [6, 6.07) is 6.92. The van der Waals surface area contributed by atoms with Crippen molar-refractivity contribution in [1.29, 1.82) is 0 Å². The van der Waals surface area contributed by atoms with Crippen molar-refractivity contribution < 1.29 is 19.1 Å². The zero-order valence-electron chi connectivity index (χ0n) is 15.4. The highest BCUT2D eigenvalue weighted by Gasteiger charge is 2.58. The highest BCUT2D eigenvalue weighted by molar-refractivity contribution is 6.14. The number of hydrogen-bond donors (Lipinski definition) is 1. The van der Waals surface area contributed by atoms with E-state index in [0.717, 1.165) is 32.2 Å². The van der Waals surface area contributed by atoms with Crippen molar-refractivity contribution in [3.63, 3.8) is 0 Å². The van der Waals surface area contributed by atoms with Gasteiger partial charge in [0.05, 0.1) is 18.4 Å². The Kier molecular flexibility index (Phi) is 5.30. The molecule has 0 bridgehead atoms. The maximum absolute atomic E-state index is 13.1. The molecule has 0 spiro atoms. The molecular formula is C20H26N2O4. The highest BCUT2D eigenvalue weighted by Crippen LogP contribution is 2.49. The molecule has 2 amide bonds. The summed E-state index contributed by atoms with van der Waals surface area (Å²) < 4.78 is 4.77. The van der Waals surface area contributed by atoms with Gasteiger partial charge in [0, 0.05) is 12.6 Å². The van der Waals surface area contributed by atoms with Crippen LogP contribution in [-0.2, 0) is 14.3 Å². The molecule has 1 atom stereocenters. The monoisotopic (exact) mass is 358 g/mol. The number of carbonyl (C=O) groups excluding carboxylic acids is 3. The van der Waals surface area contributed by atoms with Crippen molar-refractivity contribution in [1.82, 2.24) is 4.90 Å². The molecule has 0 aromatic heterocycles. The van der Waals surface area contributed by atoms with Crippen LogP contribution in [0.4, 0.5) is 5.69 Å². The number of rotatable bonds is 5. The van der Waals surface area contributed by atoms with E-state index >= 15 is 0 Å². The number of carbonyl (C=O) groups is 3. The molecule has 6 nitrogen and oxygen atoms in total. The van der Waals surface area contributed by atoms with E-state index in [1.165, 1.54) is 7.11 Å². The van der Waals surface area contributed by atoms with Gasteiger partial charge < -0.3 is 15.0 Å². The predicted molar refractivity (Wildman–Crippen MR) is 97.7 cm³/mol. The van der Waals surface area contributed by atoms with E-state index in [2.05, 4.69) is 12.2 Å². The van der Waals surface area contributed by atoms with Gasteiger partial charge in [0.1, 0.15) is 5.41 Å². The summed E-state index contributed by atoms with van der Waals surface area (Å²) in [6.07, 6.45) is 5.16. The van der Waals surface area contributed by atoms with Gasteiger partial charge >= 0.3 is 5.97 Å². The van der Waals surface area contributed by atoms with Gasteiger partial charge in [-0.05, 0) is 50.7 Å². The van der Waals surface area contributed by atoms with Gasteiger partial charge in [-0.25, -0.2) is 4.79 Å². The number of para-hydroxylation sites is 1. The molecule has 3 rings (SSSR count). The molecule has 1 aromatic carbocycles. The highest BCUT2D eigenvalue weighted by atomic mass is 16.5. The zero-order valence-corrected chi connectivity index (χ0v) is 15.4. The number of ether oxygens (including phenoxy) is 1. The van der Waals surface area contributed by atoms with Crippen LogP contribution in [0.15, 0.2) is 24.3 Å². The average Bonchev–Trinajstić information content (AvgIpc) is 3.49. The van der Waals surface area contributed by atoms with Crippen molar-refractivity contribution in [3.05, 3.63) is 29.8 Å². The number of hydrogen-bond acceptors (Lipinski definition) is 4. The molecule has 140 valence electrons. The third-order valence-electron chi connectivity index (χ3n) is 5.53. The molecule has 6 heteroatoms. The van der Waals surface area contributed by atoms with Crippen LogP contribution in [0, 0.1) is 5.41 Å². The molecule has 1 unspecified atom stereocenters. The van der Waals surface area contributed by atoms with E-state index in [-0.39, 0.29) is 23.4 Å². The van der Waals surface area contributed by atoms with Crippen molar-refractivity contribution in [2.24, 2.45) is 5.41 Å². The third-order valence-corrected chi connectivity index (χ3v) is 5.53. The molecule has 26 heavy (non-hydrogen) atoms. The second kappa shape index (κ2) is 7.48. The first-order valence-corrected chi connectivity index (χ1v) is 9.33. The molecule has 0 radical (unpaired) electrons. The number of amides is 2. The summed E-state index contributed by atoms with van der Waals surface area (Å²) in [5.74, 6) is -0.893. The van der Waals surface area contributed by atoms with Crippen LogP contribution in [0.3, 0.4) is 0 Å². The summed E-state index contributed by atoms with van der Waals surface area (Å²) in [5, 5.41) is 2.79. The maximum Gasteiger partial charge on any atom is 0.339 e. The van der Waals surface area contributed by atoms with Gasteiger partial charge in [-0.15, -0.1) is 0 Å². The Bertz CT molecular complexity index is 712. The lowest BCUT2D eigenvalue weighted by Gasteiger charge is -2.37. The van der Waals surface area contributed by atoms with Crippen LogP contribution in [0.5, 0.6) is 0 Å². The van der Waals surface area contributed by atoms with Crippen LogP contribution in [0.25, 0.3) is 0 Å². The average molecular weight is 358 g/mol. The fourth-order valence-corrected chi connectivity index (χ4v) is 3.75. The van der Waals surface area contributed by atoms with Crippen LogP contribution < -0.4 is 5.32 Å². The Hall–Kier alpha value is -2.37. The van der Waals surface area contributed by atoms with E-state index in [4.69, 9.17) is 4.74 Å². The second-order valence-electron chi connectivity index (χ2n) is 7.13. The fourth-order valence-electron chi connectivity index (χ4n) is 3.75. The minimum Gasteiger partial charge on any atom is -0.465 e. The lowest BCUT2D eigenvalue weighted by atomic mass is 9.95. The van der Waals surface area contributed by atoms with E-state index in [1.54, 1.807) is 24.3 Å². The number of nitrogens with zero attached hydrogens (tertiary/aromatic N) is 1. The molecule has 2 aliphatic rings. The predicted octanol–water partition coefficient (Wildman–Crippen LogP) is 2.98. The zero-order chi connectivity index (χ0) is 18.7. The van der Waals surface area contributed by atoms with Crippen molar-refractivity contribution in [3.8, 4) is 0 Å². The smallest absolute Gasteiger partial charge is 0.339 e. The fraction of sp³-hybridized carbons (Fsp3) is 0.550. The van der Waals surface area contributed by atoms with Crippen LogP contribution >= 0.6 is 0 Å². The summed E-state index contributed by atoms with van der Waals surface area (Å²) in [4.78, 5) is 39.9. The number of anilines is 1. The molecule has 2 fully saturated rings. The van der Waals surface area contributed by atoms with Gasteiger partial charge in [-0.1, -0.05) is 19.1 Å². The standard InChI is InChI=1S/C20H26N2O4/c1-3-14-8-6-7-13-22(14)19(25)20(11-12-20)18(24)21-16-10-5-4-9-15(16)17(23)26-2/h4-5,9-10,14H,3,6-8,11-13H2,1-2H3,(H,21,24). The first-order valence-electron chi connectivity index (χ1n) is 9.33. The molecular weight excluding hydrogens is 332 g/mol. The number of benzene rings is 1. The summed E-state index contributed by atoms with van der Waals surface area (Å²) >= 11 is 0. The van der Waals surface area contributed by atoms with E-state index in [9.17, 15) is 14.4 Å². The Morgan fingerprint density at radius 3 is 2.62 bits per heavy atom. The van der Waals surface area contributed by atoms with Crippen molar-refractivity contribution in [2.75, 3.05) is 19.0 Å². The van der Waals surface area contributed by atoms with Crippen molar-refractivity contribution in [2.45, 2.75) is 51.5 Å². The normalized spacial score (nSPS) is 21.0. The SMILES string of the molecule is CCC1CCCCN1C(=O)C1(C(=O)Nc2ccccc2C(=O)OC)CC1. The minimum atomic E-state index is -0.978. The Balaban J connectivity index is 1.78. The van der Waals surface area contributed by atoms with E-state index in [1.807, 2.05) is 4.90 Å². The summed E-state index contributed by atoms with van der Waals surface area (Å²) in [6.45, 7) is 2.81. The van der Waals surface area contributed by atoms with Crippen LogP contribution in [0.2, 0.25) is 0 Å². The van der Waals surface area contributed by atoms with Crippen LogP contribution in [0.1, 0.15) is 55.8 Å². The van der Waals surface area contributed by atoms with Gasteiger partial charge in [-0.3, -0.25) is 9.59 Å². The van der Waals surface area contributed by atoms with Crippen LogP contribution in [-0.4, -0.2) is 42.4 Å². The third kappa shape index (κ3) is 3.32. The molecule has 1 aliphatic carbocycles. The first kappa shape index (κ1) is 18.4. The summed E-state index contributed by atoms with van der Waals surface area (Å²) in [5.41, 5.74) is -0.307. The maximum atomic E-state index is 13.1. The quantitative estimate of drug-likeness (QED) is 0.648. The topological polar surface area (TPSA) is 75.7 Å². The molecule has 1 saturated heterocycles. The van der Waals surface area contributed by atoms with Gasteiger partial charge in [-0.2, -0.15) is 0 Å². The Morgan fingerprint density at radius 1 is 1.23 bits per heavy atom. The molecule has 1 N–H and O–H groups in total. The lowest BCUT2D eigenvalue weighted by molar-refractivity contribution is -0.145. The van der Waals surface area contributed by atoms with E-state index in [0.29, 0.717) is 18.5 Å². The Morgan fingerprint density at radius 2 is 1.96 bits per heavy atom. The molecule has 1 aliphatic heterocycles. The number of likely N-dealkylation sites (tertiary alicyclic amines) is 1. The lowest BCUT2D eigenvalue weighted by Crippen LogP contribution is -2.49. The largest absolute Gasteiger partial charge is 0.465 e. The summed E-state index contributed by atoms with van der Waals surface area (Å²) in [7, 11) is 1.30. The molecule has 1 saturated carbocycles. The van der Waals surface area contributed by atoms with Gasteiger partial charge in [0.15, 0.2) is 0 Å². The number of piperidine rings is 1. The molecule has 1 heterocycles. The number of esters is 1. The second-order valence-corrected chi connectivity index (χ2v) is 7.13.